The molecule has 0 aliphatic heterocycles. The summed E-state index contributed by atoms with van der Waals surface area (Å²) in [6.07, 6.45) is 12.3. The van der Waals surface area contributed by atoms with Crippen molar-refractivity contribution in [2.75, 3.05) is 79.4 Å². The molecule has 0 aliphatic carbocycles. The minimum absolute atomic E-state index is 0.00829. The molecule has 20 nitrogen and oxygen atoms in total. The zero-order valence-electron chi connectivity index (χ0n) is 38.9. The van der Waals surface area contributed by atoms with Crippen LogP contribution in [0.1, 0.15) is 43.4 Å². The number of unbranched alkanes of at least 4 members (excludes halogenated alkanes) is 3. The number of nitrogens with zero attached hydrogens (tertiary/aromatic N) is 5. The fourth-order valence-electron chi connectivity index (χ4n) is 5.16. The number of carbonyl (C=O) groups is 6. The highest BCUT2D eigenvalue weighted by Gasteiger charge is 2.16. The van der Waals surface area contributed by atoms with Crippen molar-refractivity contribution >= 4 is 47.8 Å². The number of ether oxygens (including phenoxy) is 2. The first-order chi connectivity index (χ1) is 32.5. The summed E-state index contributed by atoms with van der Waals surface area (Å²) in [7, 11) is 6.66. The van der Waals surface area contributed by atoms with Gasteiger partial charge in [0.2, 0.25) is 23.6 Å². The number of nitriles is 1. The molecule has 4 amide bonds. The molecule has 0 aliphatic rings. The number of aryl methyl sites for hydroxylation is 1. The number of methoxy groups -OCH3 is 1. The zero-order chi connectivity index (χ0) is 49.5. The van der Waals surface area contributed by atoms with Crippen molar-refractivity contribution in [1.29, 1.82) is 5.26 Å². The van der Waals surface area contributed by atoms with Gasteiger partial charge in [0.25, 0.3) is 0 Å². The van der Waals surface area contributed by atoms with Crippen LogP contribution in [0.4, 0.5) is 11.6 Å². The van der Waals surface area contributed by atoms with E-state index in [4.69, 9.17) is 14.7 Å². The number of nitrogens with one attached hydrogen (secondary N) is 7. The molecular formula is C47H64N12O8. The number of aromatic amines is 1. The number of likely N-dealkylation sites (N-methyl/N-ethyl adjacent to an activating group) is 3. The van der Waals surface area contributed by atoms with Crippen molar-refractivity contribution in [2.24, 2.45) is 0 Å². The largest absolute Gasteiger partial charge is 0.496 e. The average Bonchev–Trinajstić information content (AvgIpc) is 3.80. The van der Waals surface area contributed by atoms with E-state index in [9.17, 15) is 28.8 Å². The van der Waals surface area contributed by atoms with Crippen molar-refractivity contribution in [2.45, 2.75) is 39.0 Å². The number of anilines is 2. The van der Waals surface area contributed by atoms with Crippen molar-refractivity contribution < 1.29 is 38.2 Å². The van der Waals surface area contributed by atoms with E-state index in [2.05, 4.69) is 77.7 Å². The molecule has 0 saturated carbocycles. The van der Waals surface area contributed by atoms with Crippen LogP contribution < -0.4 is 41.4 Å². The molecule has 2 aromatic heterocycles. The minimum Gasteiger partial charge on any atom is -0.496 e. The third kappa shape index (κ3) is 26.6. The number of hydrogen-bond acceptors (Lipinski definition) is 15. The molecule has 0 fully saturated rings. The van der Waals surface area contributed by atoms with Crippen LogP contribution in [-0.2, 0) is 28.8 Å². The molecule has 0 radical (unpaired) electrons. The maximum Gasteiger partial charge on any atom is 0.246 e. The Morgan fingerprint density at radius 1 is 0.851 bits per heavy atom. The molecule has 0 atom stereocenters. The van der Waals surface area contributed by atoms with Crippen molar-refractivity contribution in [3.05, 3.63) is 103 Å². The van der Waals surface area contributed by atoms with E-state index in [-0.39, 0.29) is 49.0 Å². The van der Waals surface area contributed by atoms with Gasteiger partial charge < -0.3 is 51.1 Å². The van der Waals surface area contributed by atoms with E-state index in [1.807, 2.05) is 42.5 Å². The second-order valence-electron chi connectivity index (χ2n) is 13.9. The SMILES string of the molecule is C=CCNC(=O)CNC(=O)CNC.CN(CCCCCC=O)C(=O)/C=C\C=O.CNCC(=O)NCCCOc1cccc(OC)c1-c1cc(Nc2cnc(C#N)cn2)n[nH]1.Cc1ccccc1. The van der Waals surface area contributed by atoms with Gasteiger partial charge in [-0.2, -0.15) is 10.4 Å². The standard InChI is InChI=1S/C21H24N8O3.C11H17NO3.C8H15N3O2.C7H8/c1-23-13-20(30)24-7-4-8-32-17-6-3-5-16(31-2)21(17)15-9-18(29-28-15)27-19-12-25-14(10-22)11-26-19;1-12(11(15)7-6-10-14)8-4-2-3-5-9-13;1-3-4-10-8(13)6-11-7(12)5-9-2;1-7-5-3-2-4-6-7/h3,5-6,9,11-12,23H,4,7-8,13H2,1-2H3,(H,24,30)(H2,26,27,28,29);6-7,9-10H,2-5,8H2,1H3;3,9H,1,4-6H2,2H3,(H,10,13)(H,11,12);2-6H,1H3/b;7-6-;;. The summed E-state index contributed by atoms with van der Waals surface area (Å²) in [4.78, 5) is 74.2. The van der Waals surface area contributed by atoms with Gasteiger partial charge in [0.05, 0.1) is 57.0 Å². The Morgan fingerprint density at radius 2 is 1.55 bits per heavy atom. The van der Waals surface area contributed by atoms with Crippen LogP contribution in [0.2, 0.25) is 0 Å². The fraction of sp³-hybridized carbons (Fsp3) is 0.362. The van der Waals surface area contributed by atoms with Crippen LogP contribution in [0, 0.1) is 18.3 Å². The van der Waals surface area contributed by atoms with Gasteiger partial charge in [-0.15, -0.1) is 6.58 Å². The van der Waals surface area contributed by atoms with E-state index in [1.54, 1.807) is 45.3 Å². The van der Waals surface area contributed by atoms with Gasteiger partial charge in [-0.3, -0.25) is 29.1 Å². The quantitative estimate of drug-likeness (QED) is 0.0218. The number of carbonyl (C=O) groups excluding carboxylic acids is 6. The van der Waals surface area contributed by atoms with Gasteiger partial charge in [0, 0.05) is 45.2 Å². The van der Waals surface area contributed by atoms with Crippen molar-refractivity contribution in [3.8, 4) is 28.8 Å². The summed E-state index contributed by atoms with van der Waals surface area (Å²) in [5, 5.41) is 32.4. The lowest BCUT2D eigenvalue weighted by Gasteiger charge is -2.14. The third-order valence-corrected chi connectivity index (χ3v) is 8.49. The molecule has 2 heterocycles. The van der Waals surface area contributed by atoms with E-state index >= 15 is 0 Å². The summed E-state index contributed by atoms with van der Waals surface area (Å²) in [5.41, 5.74) is 2.96. The van der Waals surface area contributed by atoms with Gasteiger partial charge in [0.15, 0.2) is 11.5 Å². The van der Waals surface area contributed by atoms with Crippen LogP contribution in [-0.4, -0.2) is 135 Å². The van der Waals surface area contributed by atoms with E-state index in [1.165, 1.54) is 30.1 Å². The lowest BCUT2D eigenvalue weighted by molar-refractivity contribution is -0.125. The van der Waals surface area contributed by atoms with Crippen LogP contribution in [0.15, 0.2) is 91.8 Å². The normalized spacial score (nSPS) is 9.85. The zero-order valence-corrected chi connectivity index (χ0v) is 38.9. The number of hydrogen-bond donors (Lipinski definition) is 7. The molecule has 0 spiro atoms. The third-order valence-electron chi connectivity index (χ3n) is 8.49. The number of H-pyrrole nitrogens is 1. The molecule has 67 heavy (non-hydrogen) atoms. The van der Waals surface area contributed by atoms with E-state index in [0.717, 1.165) is 31.1 Å². The Bertz CT molecular complexity index is 2140. The molecule has 0 unspecified atom stereocenters. The molecule has 0 bridgehead atoms. The van der Waals surface area contributed by atoms with Crippen LogP contribution in [0.3, 0.4) is 0 Å². The van der Waals surface area contributed by atoms with Crippen molar-refractivity contribution in [3.63, 3.8) is 0 Å². The Hall–Kier alpha value is -7.76. The van der Waals surface area contributed by atoms with Crippen molar-refractivity contribution in [1.82, 2.24) is 51.6 Å². The Balaban J connectivity index is 0.000000529. The lowest BCUT2D eigenvalue weighted by Crippen LogP contribution is -2.40. The summed E-state index contributed by atoms with van der Waals surface area (Å²) in [6.45, 7) is 8.04. The molecular weight excluding hydrogens is 861 g/mol. The lowest BCUT2D eigenvalue weighted by atomic mass is 10.1. The molecule has 0 saturated heterocycles. The molecule has 4 rings (SSSR count). The molecule has 2 aromatic carbocycles. The fourth-order valence-corrected chi connectivity index (χ4v) is 5.16. The van der Waals surface area contributed by atoms with Gasteiger partial charge >= 0.3 is 0 Å². The second-order valence-corrected chi connectivity index (χ2v) is 13.9. The number of amides is 4. The van der Waals surface area contributed by atoms with E-state index < -0.39 is 0 Å². The van der Waals surface area contributed by atoms with E-state index in [0.29, 0.717) is 74.2 Å². The van der Waals surface area contributed by atoms with Gasteiger partial charge in [-0.05, 0) is 58.5 Å². The smallest absolute Gasteiger partial charge is 0.246 e. The molecule has 360 valence electrons. The summed E-state index contributed by atoms with van der Waals surface area (Å²) in [5.74, 6) is 1.58. The Morgan fingerprint density at radius 3 is 2.15 bits per heavy atom. The molecule has 20 heteroatoms. The maximum atomic E-state index is 11.5. The number of allylic oxidation sites excluding steroid dienone is 1. The summed E-state index contributed by atoms with van der Waals surface area (Å²) >= 11 is 0. The first-order valence-corrected chi connectivity index (χ1v) is 21.3. The highest BCUT2D eigenvalue weighted by atomic mass is 16.5. The second kappa shape index (κ2) is 36.6. The first kappa shape index (κ1) is 57.3. The van der Waals surface area contributed by atoms with Gasteiger partial charge in [0.1, 0.15) is 36.0 Å². The van der Waals surface area contributed by atoms with Gasteiger partial charge in [-0.25, -0.2) is 9.97 Å². The monoisotopic (exact) mass is 924 g/mol. The van der Waals surface area contributed by atoms with Gasteiger partial charge in [-0.1, -0.05) is 54.5 Å². The topological polar surface area (TPSA) is 275 Å². The predicted molar refractivity (Wildman–Crippen MR) is 256 cm³/mol. The number of rotatable bonds is 25. The van der Waals surface area contributed by atoms with Crippen LogP contribution in [0.25, 0.3) is 11.3 Å². The number of aldehydes is 2. The number of benzene rings is 2. The minimum atomic E-state index is -0.218. The first-order valence-electron chi connectivity index (χ1n) is 21.3. The highest BCUT2D eigenvalue weighted by Crippen LogP contribution is 2.38. The Labute approximate surface area is 392 Å². The molecule has 4 aromatic rings. The maximum absolute atomic E-state index is 11.5. The van der Waals surface area contributed by atoms with Crippen LogP contribution in [0.5, 0.6) is 11.5 Å². The Kier molecular flexibility index (Phi) is 31.2. The number of aromatic nitrogens is 4. The predicted octanol–water partition coefficient (Wildman–Crippen LogP) is 3.17. The summed E-state index contributed by atoms with van der Waals surface area (Å²) in [6, 6.07) is 19.5. The summed E-state index contributed by atoms with van der Waals surface area (Å²) < 4.78 is 11.5. The highest BCUT2D eigenvalue weighted by molar-refractivity contribution is 5.90. The average molecular weight is 925 g/mol. The molecule has 7 N–H and O–H groups in total. The van der Waals surface area contributed by atoms with Crippen LogP contribution >= 0.6 is 0 Å².